The summed E-state index contributed by atoms with van der Waals surface area (Å²) >= 11 is 5.45. The second-order valence-corrected chi connectivity index (χ2v) is 3.64. The van der Waals surface area contributed by atoms with Gasteiger partial charge in [-0.3, -0.25) is 4.79 Å². The van der Waals surface area contributed by atoms with Crippen LogP contribution in [0.5, 0.6) is 5.75 Å². The lowest BCUT2D eigenvalue weighted by Gasteiger charge is -2.08. The Morgan fingerprint density at radius 2 is 2.12 bits per heavy atom. The van der Waals surface area contributed by atoms with Crippen molar-refractivity contribution >= 4 is 17.5 Å². The monoisotopic (exact) mass is 257 g/mol. The summed E-state index contributed by atoms with van der Waals surface area (Å²) in [5.41, 5.74) is 0.521. The van der Waals surface area contributed by atoms with E-state index in [9.17, 15) is 4.79 Å². The van der Waals surface area contributed by atoms with Gasteiger partial charge in [-0.1, -0.05) is 12.1 Å². The van der Waals surface area contributed by atoms with Gasteiger partial charge in [0.15, 0.2) is 0 Å². The molecule has 0 radical (unpaired) electrons. The number of nitrogens with one attached hydrogen (secondary N) is 1. The van der Waals surface area contributed by atoms with Crippen LogP contribution in [0.3, 0.4) is 0 Å². The molecule has 1 aromatic carbocycles. The predicted molar refractivity (Wildman–Crippen MR) is 66.9 cm³/mol. The smallest absolute Gasteiger partial charge is 0.255 e. The molecule has 0 aromatic heterocycles. The molecule has 0 aliphatic heterocycles. The SMILES string of the molecule is COc1ccccc1C(=O)NCCOCCCl. The minimum atomic E-state index is -0.170. The highest BCUT2D eigenvalue weighted by atomic mass is 35.5. The maximum absolute atomic E-state index is 11.8. The zero-order valence-corrected chi connectivity index (χ0v) is 10.5. The van der Waals surface area contributed by atoms with E-state index in [-0.39, 0.29) is 5.91 Å². The highest BCUT2D eigenvalue weighted by Crippen LogP contribution is 2.16. The molecule has 0 spiro atoms. The van der Waals surface area contributed by atoms with Gasteiger partial charge in [0.25, 0.3) is 5.91 Å². The van der Waals surface area contributed by atoms with Crippen molar-refractivity contribution in [1.29, 1.82) is 0 Å². The molecular formula is C12H16ClNO3. The number of benzene rings is 1. The summed E-state index contributed by atoms with van der Waals surface area (Å²) < 4.78 is 10.2. The van der Waals surface area contributed by atoms with Crippen LogP contribution >= 0.6 is 11.6 Å². The summed E-state index contributed by atoms with van der Waals surface area (Å²) in [6.45, 7) is 1.40. The predicted octanol–water partition coefficient (Wildman–Crippen LogP) is 1.68. The number of amides is 1. The Balaban J connectivity index is 2.41. The van der Waals surface area contributed by atoms with Crippen LogP contribution in [0.4, 0.5) is 0 Å². The van der Waals surface area contributed by atoms with Gasteiger partial charge in [0.2, 0.25) is 0 Å². The highest BCUT2D eigenvalue weighted by Gasteiger charge is 2.09. The van der Waals surface area contributed by atoms with E-state index >= 15 is 0 Å². The van der Waals surface area contributed by atoms with Crippen molar-refractivity contribution in [3.63, 3.8) is 0 Å². The van der Waals surface area contributed by atoms with Crippen molar-refractivity contribution in [2.24, 2.45) is 0 Å². The summed E-state index contributed by atoms with van der Waals surface area (Å²) in [4.78, 5) is 11.8. The molecule has 0 heterocycles. The molecule has 0 aliphatic carbocycles. The second-order valence-electron chi connectivity index (χ2n) is 3.26. The molecule has 17 heavy (non-hydrogen) atoms. The highest BCUT2D eigenvalue weighted by molar-refractivity contribution is 6.17. The van der Waals surface area contributed by atoms with Gasteiger partial charge in [-0.05, 0) is 12.1 Å². The van der Waals surface area contributed by atoms with Gasteiger partial charge in [0, 0.05) is 12.4 Å². The fraction of sp³-hybridized carbons (Fsp3) is 0.417. The lowest BCUT2D eigenvalue weighted by molar-refractivity contribution is 0.0920. The Bertz CT molecular complexity index is 357. The maximum atomic E-state index is 11.8. The van der Waals surface area contributed by atoms with Crippen LogP contribution in [-0.2, 0) is 4.74 Å². The standard InChI is InChI=1S/C12H16ClNO3/c1-16-11-5-3-2-4-10(11)12(15)14-7-9-17-8-6-13/h2-5H,6-9H2,1H3,(H,14,15). The minimum absolute atomic E-state index is 0.170. The molecule has 0 bridgehead atoms. The van der Waals surface area contributed by atoms with Crippen molar-refractivity contribution in [3.05, 3.63) is 29.8 Å². The number of hydrogen-bond acceptors (Lipinski definition) is 3. The average Bonchev–Trinajstić information content (AvgIpc) is 2.38. The fourth-order valence-electron chi connectivity index (χ4n) is 1.32. The number of rotatable bonds is 7. The Labute approximate surface area is 106 Å². The summed E-state index contributed by atoms with van der Waals surface area (Å²) in [6, 6.07) is 7.08. The van der Waals surface area contributed by atoms with Crippen LogP contribution in [0.2, 0.25) is 0 Å². The summed E-state index contributed by atoms with van der Waals surface area (Å²) in [7, 11) is 1.54. The molecule has 0 fully saturated rings. The van der Waals surface area contributed by atoms with Crippen LogP contribution in [0.25, 0.3) is 0 Å². The van der Waals surface area contributed by atoms with Crippen LogP contribution in [0, 0.1) is 0 Å². The van der Waals surface area contributed by atoms with Gasteiger partial charge in [-0.2, -0.15) is 0 Å². The molecule has 5 heteroatoms. The molecule has 0 saturated carbocycles. The lowest BCUT2D eigenvalue weighted by Crippen LogP contribution is -2.27. The number of ether oxygens (including phenoxy) is 2. The number of carbonyl (C=O) groups excluding carboxylic acids is 1. The second kappa shape index (κ2) is 7.92. The van der Waals surface area contributed by atoms with Gasteiger partial charge in [-0.25, -0.2) is 0 Å². The Morgan fingerprint density at radius 1 is 1.35 bits per heavy atom. The van der Waals surface area contributed by atoms with Crippen molar-refractivity contribution in [2.75, 3.05) is 32.7 Å². The molecular weight excluding hydrogens is 242 g/mol. The lowest BCUT2D eigenvalue weighted by atomic mass is 10.2. The Hall–Kier alpha value is -1.26. The first-order chi connectivity index (χ1) is 8.29. The third-order valence-electron chi connectivity index (χ3n) is 2.11. The molecule has 4 nitrogen and oxygen atoms in total. The van der Waals surface area contributed by atoms with E-state index in [4.69, 9.17) is 21.1 Å². The summed E-state index contributed by atoms with van der Waals surface area (Å²) in [5.74, 6) is 0.851. The number of methoxy groups -OCH3 is 1. The van der Waals surface area contributed by atoms with Crippen LogP contribution < -0.4 is 10.1 Å². The third kappa shape index (κ3) is 4.63. The van der Waals surface area contributed by atoms with E-state index in [1.165, 1.54) is 7.11 Å². The normalized spacial score (nSPS) is 10.0. The topological polar surface area (TPSA) is 47.6 Å². The molecule has 1 rings (SSSR count). The van der Waals surface area contributed by atoms with E-state index in [0.29, 0.717) is 37.0 Å². The van der Waals surface area contributed by atoms with Gasteiger partial charge in [0.05, 0.1) is 25.9 Å². The van der Waals surface area contributed by atoms with Crippen LogP contribution in [0.1, 0.15) is 10.4 Å². The molecule has 0 unspecified atom stereocenters. The molecule has 0 aliphatic rings. The van der Waals surface area contributed by atoms with Gasteiger partial charge < -0.3 is 14.8 Å². The first-order valence-corrected chi connectivity index (χ1v) is 5.88. The van der Waals surface area contributed by atoms with Gasteiger partial charge in [0.1, 0.15) is 5.75 Å². The van der Waals surface area contributed by atoms with Gasteiger partial charge >= 0.3 is 0 Å². The first kappa shape index (κ1) is 13.8. The Kier molecular flexibility index (Phi) is 6.43. The molecule has 1 amide bonds. The average molecular weight is 258 g/mol. The summed E-state index contributed by atoms with van der Waals surface area (Å²) in [5, 5.41) is 2.75. The quantitative estimate of drug-likeness (QED) is 0.597. The Morgan fingerprint density at radius 3 is 2.82 bits per heavy atom. The van der Waals surface area contributed by atoms with Gasteiger partial charge in [-0.15, -0.1) is 11.6 Å². The molecule has 1 N–H and O–H groups in total. The van der Waals surface area contributed by atoms with Crippen LogP contribution in [0.15, 0.2) is 24.3 Å². The number of para-hydroxylation sites is 1. The minimum Gasteiger partial charge on any atom is -0.496 e. The fourth-order valence-corrected chi connectivity index (χ4v) is 1.43. The van der Waals surface area contributed by atoms with Crippen LogP contribution in [-0.4, -0.2) is 38.7 Å². The zero-order chi connectivity index (χ0) is 12.5. The van der Waals surface area contributed by atoms with E-state index < -0.39 is 0 Å². The van der Waals surface area contributed by atoms with E-state index in [1.807, 2.05) is 6.07 Å². The molecule has 94 valence electrons. The molecule has 0 saturated heterocycles. The molecule has 0 atom stereocenters. The van der Waals surface area contributed by atoms with Crippen molar-refractivity contribution in [1.82, 2.24) is 5.32 Å². The van der Waals surface area contributed by atoms with Crippen molar-refractivity contribution < 1.29 is 14.3 Å². The molecule has 1 aromatic rings. The summed E-state index contributed by atoms with van der Waals surface area (Å²) in [6.07, 6.45) is 0. The van der Waals surface area contributed by atoms with E-state index in [2.05, 4.69) is 5.32 Å². The van der Waals surface area contributed by atoms with E-state index in [1.54, 1.807) is 18.2 Å². The number of hydrogen-bond donors (Lipinski definition) is 1. The zero-order valence-electron chi connectivity index (χ0n) is 9.74. The van der Waals surface area contributed by atoms with Crippen molar-refractivity contribution in [3.8, 4) is 5.75 Å². The van der Waals surface area contributed by atoms with E-state index in [0.717, 1.165) is 0 Å². The largest absolute Gasteiger partial charge is 0.496 e. The number of alkyl halides is 1. The number of halogens is 1. The first-order valence-electron chi connectivity index (χ1n) is 5.34. The maximum Gasteiger partial charge on any atom is 0.255 e. The number of carbonyl (C=O) groups is 1. The van der Waals surface area contributed by atoms with Crippen molar-refractivity contribution in [2.45, 2.75) is 0 Å². The third-order valence-corrected chi connectivity index (χ3v) is 2.26.